The lowest BCUT2D eigenvalue weighted by molar-refractivity contribution is 0.133. The molecule has 0 saturated heterocycles. The highest BCUT2D eigenvalue weighted by atomic mass is 14.4. The van der Waals surface area contributed by atoms with Crippen molar-refractivity contribution in [3.63, 3.8) is 0 Å². The molecule has 3 atom stereocenters. The molecule has 0 aromatic heterocycles. The van der Waals surface area contributed by atoms with Crippen LogP contribution in [0, 0.1) is 41.9 Å². The molecule has 0 aromatic rings. The van der Waals surface area contributed by atoms with Gasteiger partial charge in [-0.05, 0) is 55.8 Å². The van der Waals surface area contributed by atoms with Gasteiger partial charge in [-0.15, -0.1) is 12.3 Å². The van der Waals surface area contributed by atoms with Crippen molar-refractivity contribution in [2.24, 2.45) is 29.6 Å². The van der Waals surface area contributed by atoms with Crippen molar-refractivity contribution in [2.75, 3.05) is 0 Å². The highest BCUT2D eigenvalue weighted by molar-refractivity contribution is 4.99. The van der Waals surface area contributed by atoms with Crippen molar-refractivity contribution >= 4 is 0 Å². The molecule has 0 nitrogen and oxygen atoms in total. The van der Waals surface area contributed by atoms with Crippen LogP contribution in [0.15, 0.2) is 0 Å². The Morgan fingerprint density at radius 2 is 1.50 bits per heavy atom. The van der Waals surface area contributed by atoms with Crippen LogP contribution < -0.4 is 0 Å². The van der Waals surface area contributed by atoms with E-state index in [-0.39, 0.29) is 0 Å². The average molecular weight is 218 g/mol. The van der Waals surface area contributed by atoms with Crippen molar-refractivity contribution in [1.29, 1.82) is 0 Å². The lowest BCUT2D eigenvalue weighted by atomic mass is 9.66. The highest BCUT2D eigenvalue weighted by Crippen LogP contribution is 2.43. The van der Waals surface area contributed by atoms with Crippen LogP contribution in [0.3, 0.4) is 0 Å². The van der Waals surface area contributed by atoms with Gasteiger partial charge < -0.3 is 0 Å². The van der Waals surface area contributed by atoms with Gasteiger partial charge >= 0.3 is 0 Å². The normalized spacial score (nSPS) is 44.9. The molecule has 90 valence electrons. The van der Waals surface area contributed by atoms with E-state index in [1.807, 2.05) is 0 Å². The molecule has 2 aliphatic carbocycles. The van der Waals surface area contributed by atoms with E-state index in [1.165, 1.54) is 44.9 Å². The maximum atomic E-state index is 5.66. The largest absolute Gasteiger partial charge is 0.120 e. The smallest absolute Gasteiger partial charge is 0.0228 e. The Bertz CT molecular complexity index is 252. The Labute approximate surface area is 101 Å². The Kier molecular flexibility index (Phi) is 3.95. The molecule has 2 fully saturated rings. The SMILES string of the molecule is C#C[C@H]1C[C@H](C2CCC(C)CC2)CC[C@H]1C. The average Bonchev–Trinajstić information content (AvgIpc) is 2.31. The van der Waals surface area contributed by atoms with Crippen molar-refractivity contribution in [3.8, 4) is 12.3 Å². The summed E-state index contributed by atoms with van der Waals surface area (Å²) in [6.45, 7) is 4.74. The summed E-state index contributed by atoms with van der Waals surface area (Å²) in [7, 11) is 0. The second-order valence-electron chi connectivity index (χ2n) is 6.34. The van der Waals surface area contributed by atoms with Gasteiger partial charge in [0.05, 0.1) is 0 Å². The summed E-state index contributed by atoms with van der Waals surface area (Å²) >= 11 is 0. The first-order valence-corrected chi connectivity index (χ1v) is 7.16. The summed E-state index contributed by atoms with van der Waals surface area (Å²) in [4.78, 5) is 0. The maximum absolute atomic E-state index is 5.66. The molecule has 16 heavy (non-hydrogen) atoms. The molecule has 2 aliphatic rings. The van der Waals surface area contributed by atoms with Gasteiger partial charge in [0.1, 0.15) is 0 Å². The first-order valence-electron chi connectivity index (χ1n) is 7.16. The molecule has 0 heteroatoms. The van der Waals surface area contributed by atoms with Gasteiger partial charge in [-0.3, -0.25) is 0 Å². The number of terminal acetylenes is 1. The molecule has 0 aromatic carbocycles. The predicted octanol–water partition coefficient (Wildman–Crippen LogP) is 4.50. The van der Waals surface area contributed by atoms with Gasteiger partial charge in [0.25, 0.3) is 0 Å². The van der Waals surface area contributed by atoms with E-state index in [9.17, 15) is 0 Å². The lowest BCUT2D eigenvalue weighted by Crippen LogP contribution is -2.29. The van der Waals surface area contributed by atoms with E-state index in [1.54, 1.807) is 0 Å². The predicted molar refractivity (Wildman–Crippen MR) is 70.0 cm³/mol. The van der Waals surface area contributed by atoms with Crippen LogP contribution in [-0.4, -0.2) is 0 Å². The van der Waals surface area contributed by atoms with E-state index >= 15 is 0 Å². The van der Waals surface area contributed by atoms with E-state index in [0.29, 0.717) is 5.92 Å². The Balaban J connectivity index is 1.88. The number of rotatable bonds is 1. The monoisotopic (exact) mass is 218 g/mol. The van der Waals surface area contributed by atoms with Crippen LogP contribution in [-0.2, 0) is 0 Å². The third kappa shape index (κ3) is 2.62. The van der Waals surface area contributed by atoms with Gasteiger partial charge in [-0.2, -0.15) is 0 Å². The van der Waals surface area contributed by atoms with E-state index < -0.39 is 0 Å². The third-order valence-corrected chi connectivity index (χ3v) is 5.18. The molecule has 2 rings (SSSR count). The molecule has 0 radical (unpaired) electrons. The summed E-state index contributed by atoms with van der Waals surface area (Å²) in [6, 6.07) is 0. The van der Waals surface area contributed by atoms with E-state index in [2.05, 4.69) is 19.8 Å². The minimum absolute atomic E-state index is 0.568. The molecule has 0 heterocycles. The van der Waals surface area contributed by atoms with Crippen LogP contribution in [0.25, 0.3) is 0 Å². The topological polar surface area (TPSA) is 0 Å². The molecule has 0 aliphatic heterocycles. The Hall–Kier alpha value is -0.440. The second kappa shape index (κ2) is 5.26. The molecular formula is C16H26. The second-order valence-corrected chi connectivity index (χ2v) is 6.34. The fourth-order valence-electron chi connectivity index (χ4n) is 3.77. The molecule has 0 amide bonds. The number of hydrogen-bond acceptors (Lipinski definition) is 0. The van der Waals surface area contributed by atoms with E-state index in [4.69, 9.17) is 6.42 Å². The van der Waals surface area contributed by atoms with Crippen molar-refractivity contribution in [3.05, 3.63) is 0 Å². The first-order chi connectivity index (χ1) is 7.70. The van der Waals surface area contributed by atoms with Gasteiger partial charge in [0.15, 0.2) is 0 Å². The van der Waals surface area contributed by atoms with Gasteiger partial charge in [0, 0.05) is 5.92 Å². The van der Waals surface area contributed by atoms with Crippen LogP contribution in [0.5, 0.6) is 0 Å². The van der Waals surface area contributed by atoms with Crippen molar-refractivity contribution in [1.82, 2.24) is 0 Å². The van der Waals surface area contributed by atoms with Crippen molar-refractivity contribution < 1.29 is 0 Å². The number of hydrogen-bond donors (Lipinski definition) is 0. The van der Waals surface area contributed by atoms with Gasteiger partial charge in [-0.1, -0.05) is 26.7 Å². The molecule has 0 spiro atoms. The quantitative estimate of drug-likeness (QED) is 0.569. The van der Waals surface area contributed by atoms with Crippen molar-refractivity contribution in [2.45, 2.75) is 58.8 Å². The van der Waals surface area contributed by atoms with Gasteiger partial charge in [0.2, 0.25) is 0 Å². The lowest BCUT2D eigenvalue weighted by Gasteiger charge is -2.39. The summed E-state index contributed by atoms with van der Waals surface area (Å²) < 4.78 is 0. The zero-order chi connectivity index (χ0) is 11.5. The minimum atomic E-state index is 0.568. The standard InChI is InChI=1S/C16H26/c1-4-14-11-16(10-7-13(14)3)15-8-5-12(2)6-9-15/h1,12-16H,5-11H2,2-3H3/t12?,13-,14+,15?,16-/m1/s1. The summed E-state index contributed by atoms with van der Waals surface area (Å²) in [5, 5.41) is 0. The van der Waals surface area contributed by atoms with Crippen LogP contribution in [0.4, 0.5) is 0 Å². The van der Waals surface area contributed by atoms with E-state index in [0.717, 1.165) is 23.7 Å². The third-order valence-electron chi connectivity index (χ3n) is 5.18. The Morgan fingerprint density at radius 1 is 0.875 bits per heavy atom. The molecule has 0 bridgehead atoms. The highest BCUT2D eigenvalue weighted by Gasteiger charge is 2.32. The fraction of sp³-hybridized carbons (Fsp3) is 0.875. The zero-order valence-corrected chi connectivity index (χ0v) is 10.9. The van der Waals surface area contributed by atoms with Gasteiger partial charge in [-0.25, -0.2) is 0 Å². The minimum Gasteiger partial charge on any atom is -0.120 e. The molecule has 0 unspecified atom stereocenters. The zero-order valence-electron chi connectivity index (χ0n) is 10.9. The first kappa shape index (κ1) is 12.0. The summed E-state index contributed by atoms with van der Waals surface area (Å²) in [5.41, 5.74) is 0. The fourth-order valence-corrected chi connectivity index (χ4v) is 3.77. The molecule has 0 N–H and O–H groups in total. The molecular weight excluding hydrogens is 192 g/mol. The molecule has 2 saturated carbocycles. The van der Waals surface area contributed by atoms with Crippen LogP contribution in [0.2, 0.25) is 0 Å². The van der Waals surface area contributed by atoms with Crippen LogP contribution in [0.1, 0.15) is 58.8 Å². The summed E-state index contributed by atoms with van der Waals surface area (Å²) in [5.74, 6) is 7.29. The maximum Gasteiger partial charge on any atom is 0.0228 e. The summed E-state index contributed by atoms with van der Waals surface area (Å²) in [6.07, 6.45) is 15.6. The Morgan fingerprint density at radius 3 is 2.12 bits per heavy atom. The van der Waals surface area contributed by atoms with Crippen LogP contribution >= 0.6 is 0 Å².